The molecule has 0 bridgehead atoms. The van der Waals surface area contributed by atoms with Crippen molar-refractivity contribution >= 4 is 28.1 Å². The SMILES string of the molecule is CC1CN(C(=O)Cn2cc(Nc3nccs3)cn2)CC(C)O1. The third kappa shape index (κ3) is 3.63. The molecule has 118 valence electrons. The van der Waals surface area contributed by atoms with E-state index in [2.05, 4.69) is 15.4 Å². The van der Waals surface area contributed by atoms with Crippen LogP contribution in [0.15, 0.2) is 24.0 Å². The lowest BCUT2D eigenvalue weighted by Crippen LogP contribution is -2.49. The largest absolute Gasteiger partial charge is 0.372 e. The van der Waals surface area contributed by atoms with Crippen LogP contribution in [0.5, 0.6) is 0 Å². The molecule has 1 aliphatic heterocycles. The maximum absolute atomic E-state index is 12.4. The molecular formula is C14H19N5O2S. The number of carbonyl (C=O) groups excluding carboxylic acids is 1. The number of thiazole rings is 1. The van der Waals surface area contributed by atoms with E-state index in [0.717, 1.165) is 10.8 Å². The van der Waals surface area contributed by atoms with Gasteiger partial charge in [0.15, 0.2) is 5.13 Å². The van der Waals surface area contributed by atoms with Gasteiger partial charge < -0.3 is 15.0 Å². The smallest absolute Gasteiger partial charge is 0.244 e. The fourth-order valence-electron chi connectivity index (χ4n) is 2.54. The number of aromatic nitrogens is 3. The Bertz CT molecular complexity index is 617. The molecule has 8 heteroatoms. The van der Waals surface area contributed by atoms with Crippen molar-refractivity contribution in [1.29, 1.82) is 0 Å². The van der Waals surface area contributed by atoms with Crippen molar-refractivity contribution in [3.63, 3.8) is 0 Å². The number of hydrogen-bond donors (Lipinski definition) is 1. The third-order valence-corrected chi connectivity index (χ3v) is 4.07. The van der Waals surface area contributed by atoms with E-state index in [0.29, 0.717) is 13.1 Å². The number of rotatable bonds is 4. The van der Waals surface area contributed by atoms with E-state index in [-0.39, 0.29) is 24.7 Å². The summed E-state index contributed by atoms with van der Waals surface area (Å²) < 4.78 is 7.29. The highest BCUT2D eigenvalue weighted by atomic mass is 32.1. The maximum Gasteiger partial charge on any atom is 0.244 e. The summed E-state index contributed by atoms with van der Waals surface area (Å²) in [5, 5.41) is 10.1. The number of hydrogen-bond acceptors (Lipinski definition) is 6. The molecule has 1 fully saturated rings. The van der Waals surface area contributed by atoms with E-state index in [4.69, 9.17) is 4.74 Å². The van der Waals surface area contributed by atoms with Crippen LogP contribution in [-0.2, 0) is 16.1 Å². The van der Waals surface area contributed by atoms with E-state index in [1.54, 1.807) is 17.1 Å². The van der Waals surface area contributed by atoms with Crippen molar-refractivity contribution in [2.75, 3.05) is 18.4 Å². The molecule has 2 aromatic heterocycles. The Labute approximate surface area is 132 Å². The average molecular weight is 321 g/mol. The topological polar surface area (TPSA) is 72.3 Å². The zero-order valence-corrected chi connectivity index (χ0v) is 13.4. The number of anilines is 2. The Balaban J connectivity index is 1.58. The van der Waals surface area contributed by atoms with Crippen LogP contribution in [0.2, 0.25) is 0 Å². The Morgan fingerprint density at radius 3 is 2.91 bits per heavy atom. The Morgan fingerprint density at radius 2 is 2.23 bits per heavy atom. The summed E-state index contributed by atoms with van der Waals surface area (Å²) in [5.41, 5.74) is 0.825. The minimum absolute atomic E-state index is 0.0610. The van der Waals surface area contributed by atoms with Gasteiger partial charge in [0.2, 0.25) is 5.91 Å². The fraction of sp³-hybridized carbons (Fsp3) is 0.500. The van der Waals surface area contributed by atoms with E-state index in [9.17, 15) is 4.79 Å². The summed E-state index contributed by atoms with van der Waals surface area (Å²) in [4.78, 5) is 18.4. The van der Waals surface area contributed by atoms with Crippen LogP contribution in [0.3, 0.4) is 0 Å². The molecule has 22 heavy (non-hydrogen) atoms. The van der Waals surface area contributed by atoms with Crippen molar-refractivity contribution < 1.29 is 9.53 Å². The molecule has 0 saturated carbocycles. The molecule has 2 atom stereocenters. The molecule has 3 rings (SSSR count). The van der Waals surface area contributed by atoms with Gasteiger partial charge in [0.1, 0.15) is 6.54 Å². The van der Waals surface area contributed by atoms with Crippen molar-refractivity contribution in [3.8, 4) is 0 Å². The maximum atomic E-state index is 12.4. The second-order valence-corrected chi connectivity index (χ2v) is 6.34. The monoisotopic (exact) mass is 321 g/mol. The number of ether oxygens (including phenoxy) is 1. The Morgan fingerprint density at radius 1 is 1.45 bits per heavy atom. The molecule has 0 aromatic carbocycles. The number of amides is 1. The molecule has 2 unspecified atom stereocenters. The van der Waals surface area contributed by atoms with Crippen molar-refractivity contribution in [2.45, 2.75) is 32.6 Å². The third-order valence-electron chi connectivity index (χ3n) is 3.39. The van der Waals surface area contributed by atoms with Gasteiger partial charge in [0.05, 0.1) is 24.1 Å². The molecule has 0 spiro atoms. The molecule has 1 aliphatic rings. The number of nitrogens with one attached hydrogen (secondary N) is 1. The number of nitrogens with zero attached hydrogens (tertiary/aromatic N) is 4. The minimum Gasteiger partial charge on any atom is -0.372 e. The summed E-state index contributed by atoms with van der Waals surface area (Å²) in [5.74, 6) is 0.0610. The van der Waals surface area contributed by atoms with Crippen molar-refractivity contribution in [2.24, 2.45) is 0 Å². The van der Waals surface area contributed by atoms with Crippen molar-refractivity contribution in [3.05, 3.63) is 24.0 Å². The Kier molecular flexibility index (Phi) is 4.39. The first kappa shape index (κ1) is 15.0. The minimum atomic E-state index is 0.0610. The lowest BCUT2D eigenvalue weighted by atomic mass is 10.2. The van der Waals surface area contributed by atoms with Gasteiger partial charge in [-0.1, -0.05) is 0 Å². The van der Waals surface area contributed by atoms with Gasteiger partial charge in [-0.25, -0.2) is 4.98 Å². The molecule has 1 amide bonds. The number of morpholine rings is 1. The normalized spacial score (nSPS) is 21.8. The zero-order chi connectivity index (χ0) is 15.5. The van der Waals surface area contributed by atoms with Gasteiger partial charge in [-0.2, -0.15) is 5.10 Å². The molecule has 3 heterocycles. The summed E-state index contributed by atoms with van der Waals surface area (Å²) in [6.45, 7) is 5.47. The quantitative estimate of drug-likeness (QED) is 0.928. The van der Waals surface area contributed by atoms with E-state index in [1.807, 2.05) is 30.3 Å². The Hall–Kier alpha value is -1.93. The van der Waals surface area contributed by atoms with Crippen LogP contribution in [0.25, 0.3) is 0 Å². The summed E-state index contributed by atoms with van der Waals surface area (Å²) in [7, 11) is 0. The second kappa shape index (κ2) is 6.45. The van der Waals surface area contributed by atoms with Crippen LogP contribution < -0.4 is 5.32 Å². The van der Waals surface area contributed by atoms with Crippen LogP contribution in [0.1, 0.15) is 13.8 Å². The zero-order valence-electron chi connectivity index (χ0n) is 12.6. The predicted molar refractivity (Wildman–Crippen MR) is 84.2 cm³/mol. The van der Waals surface area contributed by atoms with E-state index >= 15 is 0 Å². The molecule has 1 N–H and O–H groups in total. The van der Waals surface area contributed by atoms with Crippen LogP contribution in [-0.4, -0.2) is 50.9 Å². The van der Waals surface area contributed by atoms with Crippen LogP contribution >= 0.6 is 11.3 Å². The highest BCUT2D eigenvalue weighted by Gasteiger charge is 2.25. The van der Waals surface area contributed by atoms with Crippen LogP contribution in [0.4, 0.5) is 10.8 Å². The van der Waals surface area contributed by atoms with Gasteiger partial charge in [-0.15, -0.1) is 11.3 Å². The molecule has 2 aromatic rings. The summed E-state index contributed by atoms with van der Waals surface area (Å²) >= 11 is 1.52. The highest BCUT2D eigenvalue weighted by Crippen LogP contribution is 2.18. The molecule has 7 nitrogen and oxygen atoms in total. The number of carbonyl (C=O) groups is 1. The van der Waals surface area contributed by atoms with Crippen LogP contribution in [0, 0.1) is 0 Å². The van der Waals surface area contributed by atoms with Crippen molar-refractivity contribution in [1.82, 2.24) is 19.7 Å². The summed E-state index contributed by atoms with van der Waals surface area (Å²) in [6.07, 6.45) is 5.40. The molecule has 1 saturated heterocycles. The average Bonchev–Trinajstić information content (AvgIpc) is 3.10. The van der Waals surface area contributed by atoms with Gasteiger partial charge in [0.25, 0.3) is 0 Å². The first-order chi connectivity index (χ1) is 10.6. The first-order valence-electron chi connectivity index (χ1n) is 7.22. The van der Waals surface area contributed by atoms with E-state index < -0.39 is 0 Å². The fourth-order valence-corrected chi connectivity index (χ4v) is 3.09. The lowest BCUT2D eigenvalue weighted by molar-refractivity contribution is -0.144. The highest BCUT2D eigenvalue weighted by molar-refractivity contribution is 7.13. The lowest BCUT2D eigenvalue weighted by Gasteiger charge is -2.35. The standard InChI is InChI=1S/C14H19N5O2S/c1-10-6-18(7-11(2)21-10)13(20)9-19-8-12(5-16-19)17-14-15-3-4-22-14/h3-5,8,10-11H,6-7,9H2,1-2H3,(H,15,17). The predicted octanol–water partition coefficient (Wildman–Crippen LogP) is 1.72. The van der Waals surface area contributed by atoms with Gasteiger partial charge >= 0.3 is 0 Å². The van der Waals surface area contributed by atoms with E-state index in [1.165, 1.54) is 11.3 Å². The molecule has 0 aliphatic carbocycles. The summed E-state index contributed by atoms with van der Waals surface area (Å²) in [6, 6.07) is 0. The second-order valence-electron chi connectivity index (χ2n) is 5.44. The first-order valence-corrected chi connectivity index (χ1v) is 8.10. The van der Waals surface area contributed by atoms with Gasteiger partial charge in [-0.3, -0.25) is 9.48 Å². The molecule has 0 radical (unpaired) electrons. The molecular weight excluding hydrogens is 302 g/mol. The van der Waals surface area contributed by atoms with Gasteiger partial charge in [0, 0.05) is 30.9 Å². The van der Waals surface area contributed by atoms with Gasteiger partial charge in [-0.05, 0) is 13.8 Å².